The van der Waals surface area contributed by atoms with E-state index in [4.69, 9.17) is 4.74 Å². The van der Waals surface area contributed by atoms with Crippen LogP contribution in [-0.2, 0) is 14.8 Å². The second-order valence-corrected chi connectivity index (χ2v) is 9.88. The summed E-state index contributed by atoms with van der Waals surface area (Å²) < 4.78 is 32.5. The van der Waals surface area contributed by atoms with Gasteiger partial charge in [-0.2, -0.15) is 4.31 Å². The van der Waals surface area contributed by atoms with E-state index >= 15 is 0 Å². The number of H-pyrrole nitrogens is 2. The number of carbonyl (C=O) groups is 1. The lowest BCUT2D eigenvalue weighted by Crippen LogP contribution is -2.47. The molecule has 0 unspecified atom stereocenters. The van der Waals surface area contributed by atoms with E-state index in [0.717, 1.165) is 0 Å². The van der Waals surface area contributed by atoms with Gasteiger partial charge >= 0.3 is 11.8 Å². The number of hydrogen-bond donors (Lipinski definition) is 3. The zero-order valence-electron chi connectivity index (χ0n) is 16.4. The van der Waals surface area contributed by atoms with Crippen LogP contribution in [0.5, 0.6) is 0 Å². The fourth-order valence-electron chi connectivity index (χ4n) is 3.17. The van der Waals surface area contributed by atoms with Crippen LogP contribution in [0.2, 0.25) is 0 Å². The van der Waals surface area contributed by atoms with Crippen molar-refractivity contribution in [1.29, 1.82) is 0 Å². The molecule has 158 valence electrons. The Morgan fingerprint density at radius 1 is 1.17 bits per heavy atom. The molecule has 1 fully saturated rings. The highest BCUT2D eigenvalue weighted by molar-refractivity contribution is 7.89. The predicted molar refractivity (Wildman–Crippen MR) is 106 cm³/mol. The third kappa shape index (κ3) is 4.85. The van der Waals surface area contributed by atoms with Gasteiger partial charge in [0, 0.05) is 19.1 Å². The van der Waals surface area contributed by atoms with E-state index in [2.05, 4.69) is 15.3 Å². The van der Waals surface area contributed by atoms with Gasteiger partial charge in [-0.3, -0.25) is 9.78 Å². The second-order valence-electron chi connectivity index (χ2n) is 7.94. The molecule has 1 amide bonds. The van der Waals surface area contributed by atoms with E-state index in [9.17, 15) is 22.8 Å². The number of carbonyl (C=O) groups excluding carboxylic acids is 1. The van der Waals surface area contributed by atoms with Crippen molar-refractivity contribution < 1.29 is 17.9 Å². The maximum Gasteiger partial charge on any atom is 0.407 e. The number of hydrogen-bond acceptors (Lipinski definition) is 6. The molecule has 1 aromatic carbocycles. The van der Waals surface area contributed by atoms with Crippen LogP contribution < -0.4 is 16.6 Å². The number of rotatable bonds is 3. The molecule has 0 aliphatic carbocycles. The van der Waals surface area contributed by atoms with E-state index < -0.39 is 33.0 Å². The number of amides is 1. The van der Waals surface area contributed by atoms with Crippen molar-refractivity contribution in [1.82, 2.24) is 19.6 Å². The summed E-state index contributed by atoms with van der Waals surface area (Å²) in [6, 6.07) is 3.83. The van der Waals surface area contributed by atoms with E-state index in [-0.39, 0.29) is 34.9 Å². The molecule has 0 atom stereocenters. The highest BCUT2D eigenvalue weighted by Crippen LogP contribution is 2.22. The second kappa shape index (κ2) is 7.64. The highest BCUT2D eigenvalue weighted by Gasteiger charge is 2.31. The van der Waals surface area contributed by atoms with Crippen LogP contribution in [0, 0.1) is 0 Å². The molecule has 1 aromatic heterocycles. The molecule has 11 heteroatoms. The Hall–Kier alpha value is -2.66. The molecule has 1 aliphatic rings. The monoisotopic (exact) mass is 424 g/mol. The molecule has 0 saturated carbocycles. The highest BCUT2D eigenvalue weighted by atomic mass is 32.2. The van der Waals surface area contributed by atoms with Gasteiger partial charge in [-0.25, -0.2) is 18.0 Å². The van der Waals surface area contributed by atoms with Crippen LogP contribution in [0.3, 0.4) is 0 Å². The number of fused-ring (bicyclic) bond motifs is 1. The molecule has 3 rings (SSSR count). The number of nitrogens with one attached hydrogen (secondary N) is 3. The van der Waals surface area contributed by atoms with Crippen LogP contribution in [0.25, 0.3) is 10.9 Å². The first-order chi connectivity index (χ1) is 13.5. The number of sulfonamides is 1. The van der Waals surface area contributed by atoms with Crippen molar-refractivity contribution >= 4 is 27.0 Å². The number of benzene rings is 1. The van der Waals surface area contributed by atoms with Crippen LogP contribution in [0.1, 0.15) is 33.6 Å². The smallest absolute Gasteiger partial charge is 0.407 e. The summed E-state index contributed by atoms with van der Waals surface area (Å²) in [7, 11) is -3.82. The molecule has 1 saturated heterocycles. The van der Waals surface area contributed by atoms with Crippen molar-refractivity contribution in [3.63, 3.8) is 0 Å². The average Bonchev–Trinajstić information content (AvgIpc) is 2.60. The largest absolute Gasteiger partial charge is 0.444 e. The standard InChI is InChI=1S/C18H24N4O6S/c1-18(2,3)28-17(25)19-11-6-8-22(9-7-11)29(26,27)12-4-5-14-13(10-12)15(23)21-16(24)20-14/h4-5,10-11H,6-9H2,1-3H3,(H,19,25)(H2,20,21,23,24). The van der Waals surface area contributed by atoms with Crippen molar-refractivity contribution in [2.75, 3.05) is 13.1 Å². The summed E-state index contributed by atoms with van der Waals surface area (Å²) in [5.41, 5.74) is -1.65. The minimum Gasteiger partial charge on any atom is -0.444 e. The number of alkyl carbamates (subject to hydrolysis) is 1. The average molecular weight is 424 g/mol. The SMILES string of the molecule is CC(C)(C)OC(=O)NC1CCN(S(=O)(=O)c2ccc3[nH]c(=O)[nH]c(=O)c3c2)CC1. The number of piperidine rings is 1. The summed E-state index contributed by atoms with van der Waals surface area (Å²) in [6.45, 7) is 5.76. The van der Waals surface area contributed by atoms with Gasteiger partial charge in [0.05, 0.1) is 15.8 Å². The fraction of sp³-hybridized carbons (Fsp3) is 0.500. The maximum absolute atomic E-state index is 13.0. The van der Waals surface area contributed by atoms with Gasteiger partial charge in [-0.1, -0.05) is 0 Å². The number of ether oxygens (including phenoxy) is 1. The van der Waals surface area contributed by atoms with Gasteiger partial charge < -0.3 is 15.0 Å². The first kappa shape index (κ1) is 21.1. The third-order valence-electron chi connectivity index (χ3n) is 4.52. The molecule has 0 radical (unpaired) electrons. The number of nitrogens with zero attached hydrogens (tertiary/aromatic N) is 1. The topological polar surface area (TPSA) is 141 Å². The summed E-state index contributed by atoms with van der Waals surface area (Å²) in [4.78, 5) is 39.7. The Morgan fingerprint density at radius 2 is 1.83 bits per heavy atom. The Balaban J connectivity index is 1.72. The van der Waals surface area contributed by atoms with Gasteiger partial charge in [0.2, 0.25) is 10.0 Å². The number of aromatic amines is 2. The summed E-state index contributed by atoms with van der Waals surface area (Å²) in [5, 5.41) is 2.85. The summed E-state index contributed by atoms with van der Waals surface area (Å²) in [6.07, 6.45) is 0.362. The molecule has 10 nitrogen and oxygen atoms in total. The lowest BCUT2D eigenvalue weighted by molar-refractivity contribution is 0.0489. The molecule has 3 N–H and O–H groups in total. The van der Waals surface area contributed by atoms with Crippen molar-refractivity contribution in [2.24, 2.45) is 0 Å². The molecular weight excluding hydrogens is 400 g/mol. The Bertz CT molecular complexity index is 1140. The van der Waals surface area contributed by atoms with Gasteiger partial charge in [-0.15, -0.1) is 0 Å². The molecular formula is C18H24N4O6S. The van der Waals surface area contributed by atoms with Gasteiger partial charge in [0.25, 0.3) is 5.56 Å². The molecule has 2 aromatic rings. The first-order valence-electron chi connectivity index (χ1n) is 9.22. The van der Waals surface area contributed by atoms with E-state index in [0.29, 0.717) is 12.8 Å². The van der Waals surface area contributed by atoms with Crippen LogP contribution in [0.15, 0.2) is 32.7 Å². The first-order valence-corrected chi connectivity index (χ1v) is 10.7. The Morgan fingerprint density at radius 3 is 2.45 bits per heavy atom. The van der Waals surface area contributed by atoms with E-state index in [1.54, 1.807) is 20.8 Å². The third-order valence-corrected chi connectivity index (χ3v) is 6.42. The minimum absolute atomic E-state index is 0.0268. The van der Waals surface area contributed by atoms with Crippen molar-refractivity contribution in [3.05, 3.63) is 39.0 Å². The number of aromatic nitrogens is 2. The Labute approximate surface area is 167 Å². The van der Waals surface area contributed by atoms with Crippen LogP contribution in [0.4, 0.5) is 4.79 Å². The van der Waals surface area contributed by atoms with Crippen molar-refractivity contribution in [3.8, 4) is 0 Å². The minimum atomic E-state index is -3.82. The Kier molecular flexibility index (Phi) is 5.54. The van der Waals surface area contributed by atoms with Crippen molar-refractivity contribution in [2.45, 2.75) is 50.2 Å². The predicted octanol–water partition coefficient (Wildman–Crippen LogP) is 0.894. The lowest BCUT2D eigenvalue weighted by atomic mass is 10.1. The zero-order valence-corrected chi connectivity index (χ0v) is 17.3. The van der Waals surface area contributed by atoms with Crippen LogP contribution in [-0.4, -0.2) is 53.5 Å². The van der Waals surface area contributed by atoms with Crippen LogP contribution >= 0.6 is 0 Å². The van der Waals surface area contributed by atoms with E-state index in [1.807, 2.05) is 0 Å². The maximum atomic E-state index is 13.0. The van der Waals surface area contributed by atoms with Gasteiger partial charge in [0.1, 0.15) is 5.60 Å². The normalized spacial score (nSPS) is 16.7. The van der Waals surface area contributed by atoms with Gasteiger partial charge in [0.15, 0.2) is 0 Å². The molecule has 1 aliphatic heterocycles. The van der Waals surface area contributed by atoms with E-state index in [1.165, 1.54) is 22.5 Å². The molecule has 0 bridgehead atoms. The molecule has 0 spiro atoms. The summed E-state index contributed by atoms with van der Waals surface area (Å²) in [5.74, 6) is 0. The molecule has 2 heterocycles. The fourth-order valence-corrected chi connectivity index (χ4v) is 4.66. The molecule has 29 heavy (non-hydrogen) atoms. The quantitative estimate of drug-likeness (QED) is 0.668. The van der Waals surface area contributed by atoms with Gasteiger partial charge in [-0.05, 0) is 51.8 Å². The summed E-state index contributed by atoms with van der Waals surface area (Å²) >= 11 is 0. The lowest BCUT2D eigenvalue weighted by Gasteiger charge is -2.32. The zero-order chi connectivity index (χ0) is 21.4.